The Hall–Kier alpha value is -3.00. The van der Waals surface area contributed by atoms with Crippen molar-refractivity contribution in [1.29, 1.82) is 0 Å². The molecule has 0 unspecified atom stereocenters. The maximum Gasteiger partial charge on any atom is 0.214 e. The molecule has 0 aliphatic carbocycles. The lowest BCUT2D eigenvalue weighted by Crippen LogP contribution is -2.29. The summed E-state index contributed by atoms with van der Waals surface area (Å²) >= 11 is 0. The van der Waals surface area contributed by atoms with Crippen LogP contribution in [0.4, 0.5) is 0 Å². The Balaban J connectivity index is 1.49. The quantitative estimate of drug-likeness (QED) is 0.591. The summed E-state index contributed by atoms with van der Waals surface area (Å²) in [5.74, 6) is 1.37. The van der Waals surface area contributed by atoms with E-state index >= 15 is 0 Å². The van der Waals surface area contributed by atoms with E-state index in [0.29, 0.717) is 64.4 Å². The largest absolute Gasteiger partial charge is 0.487 e. The van der Waals surface area contributed by atoms with E-state index in [1.54, 1.807) is 12.4 Å². The first-order valence-corrected chi connectivity index (χ1v) is 10.5. The van der Waals surface area contributed by atoms with Gasteiger partial charge >= 0.3 is 0 Å². The molecular weight excluding hydrogens is 396 g/mol. The number of nitrogens with zero attached hydrogens (tertiary/aromatic N) is 2. The number of hydrogen-bond acceptors (Lipinski definition) is 6. The van der Waals surface area contributed by atoms with Gasteiger partial charge in [0.25, 0.3) is 0 Å². The van der Waals surface area contributed by atoms with E-state index in [-0.39, 0.29) is 0 Å². The minimum absolute atomic E-state index is 0.433. The highest BCUT2D eigenvalue weighted by atomic mass is 16.6. The van der Waals surface area contributed by atoms with E-state index < -0.39 is 0 Å². The van der Waals surface area contributed by atoms with E-state index in [2.05, 4.69) is 17.1 Å². The third kappa shape index (κ3) is 6.24. The van der Waals surface area contributed by atoms with Crippen molar-refractivity contribution in [2.45, 2.75) is 0 Å². The number of ether oxygens (including phenoxy) is 5. The second kappa shape index (κ2) is 11.4. The van der Waals surface area contributed by atoms with Crippen molar-refractivity contribution in [3.63, 3.8) is 0 Å². The molecule has 0 bridgehead atoms. The average Bonchev–Trinajstić information content (AvgIpc) is 2.84. The second-order valence-electron chi connectivity index (χ2n) is 6.90. The van der Waals surface area contributed by atoms with Gasteiger partial charge in [-0.2, -0.15) is 4.57 Å². The maximum atomic E-state index is 5.97. The zero-order valence-electron chi connectivity index (χ0n) is 17.4. The van der Waals surface area contributed by atoms with Crippen LogP contribution in [0.1, 0.15) is 0 Å². The first kappa shape index (κ1) is 21.2. The zero-order chi connectivity index (χ0) is 21.1. The molecule has 0 spiro atoms. The van der Waals surface area contributed by atoms with Crippen LogP contribution in [0, 0.1) is 0 Å². The molecule has 0 saturated carbocycles. The Labute approximate surface area is 182 Å². The minimum atomic E-state index is 0.433. The standard InChI is InChI=1S/C24H27N2O5/c1-2-23-24(31-18-16-29-14-12-27-11-13-28-15-17-30-23)19-22(1)26-9-5-21(6-10-26)20-3-7-25-8-4-20/h1-10,19H,11-18H2/q+1. The van der Waals surface area contributed by atoms with Gasteiger partial charge in [0.15, 0.2) is 23.9 Å². The lowest BCUT2D eigenvalue weighted by atomic mass is 10.1. The van der Waals surface area contributed by atoms with Gasteiger partial charge in [-0.15, -0.1) is 0 Å². The van der Waals surface area contributed by atoms with E-state index in [1.807, 2.05) is 47.3 Å². The fourth-order valence-corrected chi connectivity index (χ4v) is 3.19. The predicted molar refractivity (Wildman–Crippen MR) is 115 cm³/mol. The predicted octanol–water partition coefficient (Wildman–Crippen LogP) is 2.85. The van der Waals surface area contributed by atoms with E-state index in [0.717, 1.165) is 16.8 Å². The van der Waals surface area contributed by atoms with E-state index in [9.17, 15) is 0 Å². The molecule has 0 atom stereocenters. The number of rotatable bonds is 2. The average molecular weight is 423 g/mol. The highest BCUT2D eigenvalue weighted by Gasteiger charge is 2.14. The van der Waals surface area contributed by atoms with Crippen molar-refractivity contribution in [2.24, 2.45) is 0 Å². The summed E-state index contributed by atoms with van der Waals surface area (Å²) < 4.78 is 30.4. The van der Waals surface area contributed by atoms with Crippen molar-refractivity contribution < 1.29 is 28.3 Å². The topological polar surface area (TPSA) is 62.9 Å². The van der Waals surface area contributed by atoms with Crippen LogP contribution in [0.25, 0.3) is 16.8 Å². The van der Waals surface area contributed by atoms with Crippen molar-refractivity contribution in [1.82, 2.24) is 4.98 Å². The smallest absolute Gasteiger partial charge is 0.214 e. The Morgan fingerprint density at radius 1 is 0.581 bits per heavy atom. The summed E-state index contributed by atoms with van der Waals surface area (Å²) in [4.78, 5) is 4.08. The normalized spacial score (nSPS) is 16.1. The molecule has 3 aromatic rings. The molecule has 0 amide bonds. The van der Waals surface area contributed by atoms with Gasteiger partial charge in [0.1, 0.15) is 13.2 Å². The summed E-state index contributed by atoms with van der Waals surface area (Å²) in [5.41, 5.74) is 3.24. The van der Waals surface area contributed by atoms with Crippen LogP contribution >= 0.6 is 0 Å². The van der Waals surface area contributed by atoms with Crippen molar-refractivity contribution in [2.75, 3.05) is 52.9 Å². The summed E-state index contributed by atoms with van der Waals surface area (Å²) in [6.45, 7) is 4.03. The van der Waals surface area contributed by atoms with Crippen LogP contribution < -0.4 is 14.0 Å². The van der Waals surface area contributed by atoms with Crippen LogP contribution in [-0.4, -0.2) is 57.8 Å². The Morgan fingerprint density at radius 2 is 1.13 bits per heavy atom. The summed E-state index contributed by atoms with van der Waals surface area (Å²) in [7, 11) is 0. The van der Waals surface area contributed by atoms with E-state index in [1.165, 1.54) is 0 Å². The molecule has 1 aliphatic heterocycles. The lowest BCUT2D eigenvalue weighted by molar-refractivity contribution is -0.595. The van der Waals surface area contributed by atoms with Gasteiger partial charge in [-0.25, -0.2) is 0 Å². The molecule has 1 aliphatic rings. The Kier molecular flexibility index (Phi) is 7.82. The molecule has 0 radical (unpaired) electrons. The van der Waals surface area contributed by atoms with Gasteiger partial charge in [0, 0.05) is 30.6 Å². The van der Waals surface area contributed by atoms with Crippen LogP contribution in [0.3, 0.4) is 0 Å². The SMILES string of the molecule is c1cc(-c2cc[n+](-c3ccc4c(c3)OCCOCCOCCOCCO4)cc2)ccn1. The van der Waals surface area contributed by atoms with Crippen LogP contribution in [0.15, 0.2) is 67.3 Å². The highest BCUT2D eigenvalue weighted by molar-refractivity contribution is 5.61. The number of aromatic nitrogens is 2. The van der Waals surface area contributed by atoms with Crippen molar-refractivity contribution in [3.05, 3.63) is 67.3 Å². The monoisotopic (exact) mass is 423 g/mol. The zero-order valence-corrected chi connectivity index (χ0v) is 17.4. The fraction of sp³-hybridized carbons (Fsp3) is 0.333. The molecule has 3 heterocycles. The molecular formula is C24H27N2O5+. The van der Waals surface area contributed by atoms with Crippen molar-refractivity contribution in [3.8, 4) is 28.3 Å². The van der Waals surface area contributed by atoms with Gasteiger partial charge in [0.05, 0.1) is 45.7 Å². The molecule has 2 aromatic heterocycles. The summed E-state index contributed by atoms with van der Waals surface area (Å²) in [6, 6.07) is 14.1. The molecule has 7 heteroatoms. The number of hydrogen-bond donors (Lipinski definition) is 0. The molecule has 0 N–H and O–H groups in total. The van der Waals surface area contributed by atoms with Gasteiger partial charge < -0.3 is 23.7 Å². The molecule has 0 fully saturated rings. The second-order valence-corrected chi connectivity index (χ2v) is 6.90. The number of fused-ring (bicyclic) bond motifs is 1. The summed E-state index contributed by atoms with van der Waals surface area (Å²) in [6.07, 6.45) is 7.65. The highest BCUT2D eigenvalue weighted by Crippen LogP contribution is 2.29. The number of pyridine rings is 2. The fourth-order valence-electron chi connectivity index (χ4n) is 3.19. The van der Waals surface area contributed by atoms with E-state index in [4.69, 9.17) is 23.7 Å². The maximum absolute atomic E-state index is 5.97. The first-order valence-electron chi connectivity index (χ1n) is 10.5. The molecule has 0 saturated heterocycles. The van der Waals surface area contributed by atoms with Gasteiger partial charge in [-0.05, 0) is 29.3 Å². The van der Waals surface area contributed by atoms with Gasteiger partial charge in [-0.3, -0.25) is 4.98 Å². The lowest BCUT2D eigenvalue weighted by Gasteiger charge is -2.13. The minimum Gasteiger partial charge on any atom is -0.487 e. The Morgan fingerprint density at radius 3 is 1.77 bits per heavy atom. The molecule has 7 nitrogen and oxygen atoms in total. The van der Waals surface area contributed by atoms with Gasteiger partial charge in [-0.1, -0.05) is 0 Å². The summed E-state index contributed by atoms with van der Waals surface area (Å²) in [5, 5.41) is 0. The molecule has 31 heavy (non-hydrogen) atoms. The first-order chi connectivity index (χ1) is 15.4. The molecule has 4 rings (SSSR count). The number of benzene rings is 1. The van der Waals surface area contributed by atoms with Crippen LogP contribution in [0.5, 0.6) is 11.5 Å². The third-order valence-corrected chi connectivity index (χ3v) is 4.78. The van der Waals surface area contributed by atoms with Crippen LogP contribution in [0.2, 0.25) is 0 Å². The van der Waals surface area contributed by atoms with Crippen LogP contribution in [-0.2, 0) is 14.2 Å². The molecule has 1 aromatic carbocycles. The molecule has 162 valence electrons. The van der Waals surface area contributed by atoms with Gasteiger partial charge in [0.2, 0.25) is 5.69 Å². The van der Waals surface area contributed by atoms with Crippen molar-refractivity contribution >= 4 is 0 Å². The Bertz CT molecular complexity index is 934. The third-order valence-electron chi connectivity index (χ3n) is 4.78.